The van der Waals surface area contributed by atoms with Crippen LogP contribution >= 0.6 is 11.8 Å². The van der Waals surface area contributed by atoms with E-state index in [0.717, 1.165) is 17.9 Å². The normalized spacial score (nSPS) is 21.1. The molecule has 0 aromatic heterocycles. The summed E-state index contributed by atoms with van der Waals surface area (Å²) in [5.74, 6) is 1.34. The molecule has 1 unspecified atom stereocenters. The smallest absolute Gasteiger partial charge is 0.387 e. The molecule has 1 aliphatic heterocycles. The number of thioether (sulfide) groups is 1. The lowest BCUT2D eigenvalue weighted by molar-refractivity contribution is -0.0498. The Morgan fingerprint density at radius 2 is 2.06 bits per heavy atom. The number of alkyl halides is 2. The number of ether oxygens (including phenoxy) is 1. The minimum atomic E-state index is -2.76. The van der Waals surface area contributed by atoms with Crippen molar-refractivity contribution in [2.24, 2.45) is 0 Å². The van der Waals surface area contributed by atoms with Crippen molar-refractivity contribution in [3.8, 4) is 5.75 Å². The van der Waals surface area contributed by atoms with Crippen molar-refractivity contribution in [1.82, 2.24) is 5.32 Å². The van der Waals surface area contributed by atoms with Gasteiger partial charge in [-0.15, -0.1) is 11.8 Å². The second-order valence-electron chi connectivity index (χ2n) is 3.51. The molecule has 1 aliphatic rings. The maximum Gasteiger partial charge on any atom is 0.387 e. The minimum Gasteiger partial charge on any atom is -0.435 e. The number of rotatable bonds is 3. The summed E-state index contributed by atoms with van der Waals surface area (Å²) in [6, 6.07) is 6.82. The molecule has 16 heavy (non-hydrogen) atoms. The molecular weight excluding hydrogens is 232 g/mol. The van der Waals surface area contributed by atoms with E-state index in [0.29, 0.717) is 0 Å². The first-order valence-corrected chi connectivity index (χ1v) is 6.20. The van der Waals surface area contributed by atoms with Crippen molar-refractivity contribution in [2.75, 3.05) is 12.3 Å². The zero-order valence-electron chi connectivity index (χ0n) is 8.66. The molecule has 2 rings (SSSR count). The predicted octanol–water partition coefficient (Wildman–Crippen LogP) is 3.01. The topological polar surface area (TPSA) is 21.3 Å². The monoisotopic (exact) mass is 245 g/mol. The molecule has 1 atom stereocenters. The Morgan fingerprint density at radius 3 is 2.62 bits per heavy atom. The molecule has 0 saturated carbocycles. The zero-order valence-corrected chi connectivity index (χ0v) is 9.47. The minimum absolute atomic E-state index is 0.208. The first kappa shape index (κ1) is 11.7. The van der Waals surface area contributed by atoms with E-state index in [1.54, 1.807) is 12.1 Å². The van der Waals surface area contributed by atoms with E-state index in [1.807, 2.05) is 23.9 Å². The van der Waals surface area contributed by atoms with Crippen molar-refractivity contribution in [3.63, 3.8) is 0 Å². The fourth-order valence-corrected chi connectivity index (χ4v) is 2.74. The first-order valence-electron chi connectivity index (χ1n) is 5.15. The van der Waals surface area contributed by atoms with Crippen molar-refractivity contribution < 1.29 is 13.5 Å². The molecule has 1 aromatic rings. The number of hydrogen-bond donors (Lipinski definition) is 1. The molecule has 1 saturated heterocycles. The number of nitrogens with one attached hydrogen (secondary N) is 1. The van der Waals surface area contributed by atoms with E-state index < -0.39 is 6.61 Å². The van der Waals surface area contributed by atoms with E-state index >= 15 is 0 Å². The van der Waals surface area contributed by atoms with Crippen molar-refractivity contribution in [2.45, 2.75) is 18.4 Å². The van der Waals surface area contributed by atoms with Gasteiger partial charge in [-0.3, -0.25) is 0 Å². The molecule has 0 radical (unpaired) electrons. The second kappa shape index (κ2) is 5.50. The van der Waals surface area contributed by atoms with Crippen molar-refractivity contribution in [1.29, 1.82) is 0 Å². The molecule has 1 fully saturated rings. The SMILES string of the molecule is FC(F)Oc1ccc(C2NCCCS2)cc1. The standard InChI is InChI=1S/C11H13F2NOS/c12-11(13)15-9-4-2-8(3-5-9)10-14-6-1-7-16-10/h2-5,10-11,14H,1,6-7H2. The Labute approximate surface area is 97.4 Å². The molecule has 1 heterocycles. The first-order chi connectivity index (χ1) is 7.75. The fourth-order valence-electron chi connectivity index (χ4n) is 1.60. The van der Waals surface area contributed by atoms with Crippen LogP contribution in [-0.2, 0) is 0 Å². The third-order valence-corrected chi connectivity index (χ3v) is 3.64. The van der Waals surface area contributed by atoms with E-state index in [4.69, 9.17) is 0 Å². The Hall–Kier alpha value is -0.810. The van der Waals surface area contributed by atoms with Crippen LogP contribution in [0.5, 0.6) is 5.75 Å². The van der Waals surface area contributed by atoms with Gasteiger partial charge in [-0.2, -0.15) is 8.78 Å². The molecule has 1 N–H and O–H groups in total. The van der Waals surface area contributed by atoms with E-state index in [-0.39, 0.29) is 11.1 Å². The lowest BCUT2D eigenvalue weighted by atomic mass is 10.2. The maximum atomic E-state index is 11.9. The third-order valence-electron chi connectivity index (χ3n) is 2.34. The van der Waals surface area contributed by atoms with Gasteiger partial charge in [-0.1, -0.05) is 12.1 Å². The van der Waals surface area contributed by atoms with Crippen LogP contribution < -0.4 is 10.1 Å². The lowest BCUT2D eigenvalue weighted by Gasteiger charge is -2.23. The summed E-state index contributed by atoms with van der Waals surface area (Å²) in [5.41, 5.74) is 1.10. The Bertz CT molecular complexity index is 325. The van der Waals surface area contributed by atoms with Gasteiger partial charge in [-0.25, -0.2) is 0 Å². The van der Waals surface area contributed by atoms with Crippen LogP contribution in [0.2, 0.25) is 0 Å². The van der Waals surface area contributed by atoms with Gasteiger partial charge in [0.15, 0.2) is 0 Å². The fraction of sp³-hybridized carbons (Fsp3) is 0.455. The summed E-state index contributed by atoms with van der Waals surface area (Å²) in [5, 5.41) is 3.64. The molecule has 0 aliphatic carbocycles. The van der Waals surface area contributed by atoms with E-state index in [2.05, 4.69) is 10.1 Å². The average Bonchev–Trinajstić information content (AvgIpc) is 2.30. The van der Waals surface area contributed by atoms with Gasteiger partial charge in [0.25, 0.3) is 0 Å². The van der Waals surface area contributed by atoms with Crippen LogP contribution in [0, 0.1) is 0 Å². The summed E-state index contributed by atoms with van der Waals surface area (Å²) in [4.78, 5) is 0. The van der Waals surface area contributed by atoms with Crippen molar-refractivity contribution >= 4 is 11.8 Å². The van der Waals surface area contributed by atoms with Gasteiger partial charge >= 0.3 is 6.61 Å². The zero-order chi connectivity index (χ0) is 11.4. The maximum absolute atomic E-state index is 11.9. The quantitative estimate of drug-likeness (QED) is 0.884. The molecule has 1 aromatic carbocycles. The van der Waals surface area contributed by atoms with E-state index in [1.165, 1.54) is 6.42 Å². The highest BCUT2D eigenvalue weighted by atomic mass is 32.2. The highest BCUT2D eigenvalue weighted by molar-refractivity contribution is 7.99. The number of benzene rings is 1. The summed E-state index contributed by atoms with van der Waals surface area (Å²) in [6.45, 7) is -1.75. The van der Waals surface area contributed by atoms with Crippen molar-refractivity contribution in [3.05, 3.63) is 29.8 Å². The van der Waals surface area contributed by atoms with Gasteiger partial charge in [0, 0.05) is 0 Å². The largest absolute Gasteiger partial charge is 0.435 e. The molecule has 0 spiro atoms. The summed E-state index contributed by atoms with van der Waals surface area (Å²) in [7, 11) is 0. The molecule has 2 nitrogen and oxygen atoms in total. The Kier molecular flexibility index (Phi) is 4.01. The predicted molar refractivity (Wildman–Crippen MR) is 60.9 cm³/mol. The van der Waals surface area contributed by atoms with Gasteiger partial charge < -0.3 is 10.1 Å². The van der Waals surface area contributed by atoms with Gasteiger partial charge in [-0.05, 0) is 36.4 Å². The summed E-state index contributed by atoms with van der Waals surface area (Å²) in [6.07, 6.45) is 1.17. The van der Waals surface area contributed by atoms with Gasteiger partial charge in [0.1, 0.15) is 5.75 Å². The Morgan fingerprint density at radius 1 is 1.31 bits per heavy atom. The molecule has 0 bridgehead atoms. The van der Waals surface area contributed by atoms with Crippen LogP contribution in [0.1, 0.15) is 17.4 Å². The Balaban J connectivity index is 2.00. The summed E-state index contributed by atoms with van der Waals surface area (Å²) < 4.78 is 28.2. The highest BCUT2D eigenvalue weighted by Crippen LogP contribution is 2.30. The average molecular weight is 245 g/mol. The van der Waals surface area contributed by atoms with Crippen LogP contribution in [0.15, 0.2) is 24.3 Å². The van der Waals surface area contributed by atoms with E-state index in [9.17, 15) is 8.78 Å². The lowest BCUT2D eigenvalue weighted by Crippen LogP contribution is -2.25. The van der Waals surface area contributed by atoms with Gasteiger partial charge in [0.05, 0.1) is 5.37 Å². The van der Waals surface area contributed by atoms with Crippen LogP contribution in [0.25, 0.3) is 0 Å². The van der Waals surface area contributed by atoms with Gasteiger partial charge in [0.2, 0.25) is 0 Å². The van der Waals surface area contributed by atoms with Crippen LogP contribution in [0.4, 0.5) is 8.78 Å². The number of halogens is 2. The third kappa shape index (κ3) is 3.09. The molecule has 88 valence electrons. The molecule has 0 amide bonds. The molecule has 5 heteroatoms. The second-order valence-corrected chi connectivity index (χ2v) is 4.72. The summed E-state index contributed by atoms with van der Waals surface area (Å²) >= 11 is 1.84. The molecular formula is C11H13F2NOS. The van der Waals surface area contributed by atoms with Crippen LogP contribution in [0.3, 0.4) is 0 Å². The highest BCUT2D eigenvalue weighted by Gasteiger charge is 2.15. The number of hydrogen-bond acceptors (Lipinski definition) is 3. The van der Waals surface area contributed by atoms with Crippen LogP contribution in [-0.4, -0.2) is 18.9 Å².